The number of anilines is 1. The van der Waals surface area contributed by atoms with Crippen molar-refractivity contribution in [2.45, 2.75) is 19.8 Å². The highest BCUT2D eigenvalue weighted by atomic mass is 16.5. The molecule has 2 heterocycles. The molecule has 0 fully saturated rings. The molecule has 0 aliphatic rings. The van der Waals surface area contributed by atoms with E-state index in [2.05, 4.69) is 39.3 Å². The minimum Gasteiger partial charge on any atom is -0.480 e. The van der Waals surface area contributed by atoms with Crippen molar-refractivity contribution in [3.63, 3.8) is 0 Å². The molecule has 2 aromatic heterocycles. The molecule has 0 aliphatic heterocycles. The van der Waals surface area contributed by atoms with Crippen molar-refractivity contribution in [3.05, 3.63) is 23.9 Å². The van der Waals surface area contributed by atoms with Crippen LogP contribution in [0, 0.1) is 0 Å². The average molecular weight is 259 g/mol. The zero-order valence-corrected chi connectivity index (χ0v) is 11.5. The van der Waals surface area contributed by atoms with Crippen molar-refractivity contribution in [2.24, 2.45) is 0 Å². The summed E-state index contributed by atoms with van der Waals surface area (Å²) in [4.78, 5) is 8.91. The summed E-state index contributed by atoms with van der Waals surface area (Å²) < 4.78 is 4.99. The number of rotatable bonds is 4. The van der Waals surface area contributed by atoms with E-state index in [1.54, 1.807) is 19.2 Å². The highest BCUT2D eigenvalue weighted by Crippen LogP contribution is 2.20. The van der Waals surface area contributed by atoms with Crippen LogP contribution in [0.15, 0.2) is 18.2 Å². The summed E-state index contributed by atoms with van der Waals surface area (Å²) in [7, 11) is 3.38. The van der Waals surface area contributed by atoms with Crippen LogP contribution >= 0.6 is 0 Å². The molecule has 0 saturated carbocycles. The van der Waals surface area contributed by atoms with Gasteiger partial charge in [0, 0.05) is 24.9 Å². The van der Waals surface area contributed by atoms with Gasteiger partial charge >= 0.3 is 0 Å². The number of ether oxygens (including phenoxy) is 1. The predicted molar refractivity (Wildman–Crippen MR) is 73.2 cm³/mol. The van der Waals surface area contributed by atoms with Gasteiger partial charge in [0.1, 0.15) is 11.5 Å². The lowest BCUT2D eigenvalue weighted by molar-refractivity contribution is 0.392. The minimum absolute atomic E-state index is 0.319. The summed E-state index contributed by atoms with van der Waals surface area (Å²) in [6.45, 7) is 4.18. The molecule has 0 unspecified atom stereocenters. The van der Waals surface area contributed by atoms with Gasteiger partial charge in [-0.2, -0.15) is 0 Å². The van der Waals surface area contributed by atoms with E-state index in [0.29, 0.717) is 23.3 Å². The molecule has 0 aromatic carbocycles. The molecular formula is C13H17N5O. The van der Waals surface area contributed by atoms with Crippen molar-refractivity contribution in [2.75, 3.05) is 19.5 Å². The summed E-state index contributed by atoms with van der Waals surface area (Å²) in [5.41, 5.74) is 1.59. The van der Waals surface area contributed by atoms with Gasteiger partial charge < -0.3 is 10.1 Å². The van der Waals surface area contributed by atoms with Crippen molar-refractivity contribution in [1.29, 1.82) is 0 Å². The third-order valence-electron chi connectivity index (χ3n) is 2.67. The van der Waals surface area contributed by atoms with Gasteiger partial charge in [-0.15, -0.1) is 10.2 Å². The van der Waals surface area contributed by atoms with Gasteiger partial charge in [0.2, 0.25) is 5.88 Å². The second kappa shape index (κ2) is 5.60. The zero-order chi connectivity index (χ0) is 13.8. The molecule has 0 atom stereocenters. The molecule has 0 aliphatic carbocycles. The number of hydrogen-bond acceptors (Lipinski definition) is 6. The van der Waals surface area contributed by atoms with Gasteiger partial charge in [0.25, 0.3) is 0 Å². The third kappa shape index (κ3) is 2.96. The van der Waals surface area contributed by atoms with E-state index in [4.69, 9.17) is 4.74 Å². The van der Waals surface area contributed by atoms with Gasteiger partial charge in [-0.3, -0.25) is 0 Å². The Morgan fingerprint density at radius 2 is 1.95 bits per heavy atom. The van der Waals surface area contributed by atoms with Crippen LogP contribution in [0.4, 0.5) is 5.82 Å². The van der Waals surface area contributed by atoms with Gasteiger partial charge in [-0.05, 0) is 12.0 Å². The normalized spacial score (nSPS) is 10.6. The largest absolute Gasteiger partial charge is 0.480 e. The predicted octanol–water partition coefficient (Wildman–Crippen LogP) is 2.11. The molecule has 100 valence electrons. The quantitative estimate of drug-likeness (QED) is 0.906. The maximum Gasteiger partial charge on any atom is 0.233 e. The Bertz CT molecular complexity index is 553. The molecule has 1 N–H and O–H groups in total. The third-order valence-corrected chi connectivity index (χ3v) is 2.67. The second-order valence-corrected chi connectivity index (χ2v) is 4.37. The summed E-state index contributed by atoms with van der Waals surface area (Å²) >= 11 is 0. The topological polar surface area (TPSA) is 72.8 Å². The Morgan fingerprint density at radius 1 is 1.16 bits per heavy atom. The first-order valence-electron chi connectivity index (χ1n) is 6.09. The molecule has 0 bridgehead atoms. The van der Waals surface area contributed by atoms with E-state index in [0.717, 1.165) is 11.5 Å². The lowest BCUT2D eigenvalue weighted by atomic mass is 10.1. The van der Waals surface area contributed by atoms with Crippen LogP contribution in [-0.2, 0) is 0 Å². The summed E-state index contributed by atoms with van der Waals surface area (Å²) in [6, 6.07) is 5.47. The first-order chi connectivity index (χ1) is 9.13. The maximum atomic E-state index is 4.99. The molecule has 6 nitrogen and oxygen atoms in total. The van der Waals surface area contributed by atoms with E-state index in [1.807, 2.05) is 13.1 Å². The number of nitrogens with zero attached hydrogens (tertiary/aromatic N) is 4. The lowest BCUT2D eigenvalue weighted by Crippen LogP contribution is -2.03. The van der Waals surface area contributed by atoms with Crippen molar-refractivity contribution >= 4 is 5.82 Å². The van der Waals surface area contributed by atoms with Gasteiger partial charge in [-0.25, -0.2) is 9.97 Å². The summed E-state index contributed by atoms with van der Waals surface area (Å²) in [5.74, 6) is 2.12. The fraction of sp³-hybridized carbons (Fsp3) is 0.385. The van der Waals surface area contributed by atoms with E-state index >= 15 is 0 Å². The van der Waals surface area contributed by atoms with E-state index in [-0.39, 0.29) is 0 Å². The van der Waals surface area contributed by atoms with Crippen LogP contribution in [0.2, 0.25) is 0 Å². The van der Waals surface area contributed by atoms with E-state index in [1.165, 1.54) is 0 Å². The van der Waals surface area contributed by atoms with Crippen LogP contribution in [0.3, 0.4) is 0 Å². The number of aromatic nitrogens is 4. The van der Waals surface area contributed by atoms with Gasteiger partial charge in [0.05, 0.1) is 7.11 Å². The molecular weight excluding hydrogens is 242 g/mol. The van der Waals surface area contributed by atoms with Crippen LogP contribution in [0.5, 0.6) is 5.88 Å². The summed E-state index contributed by atoms with van der Waals surface area (Å²) in [5, 5.41) is 11.0. The molecule has 2 rings (SSSR count). The van der Waals surface area contributed by atoms with E-state index < -0.39 is 0 Å². The Morgan fingerprint density at radius 3 is 2.47 bits per heavy atom. The average Bonchev–Trinajstić information content (AvgIpc) is 2.46. The van der Waals surface area contributed by atoms with Gasteiger partial charge in [-0.1, -0.05) is 13.8 Å². The zero-order valence-electron chi connectivity index (χ0n) is 11.5. The first kappa shape index (κ1) is 13.2. The molecule has 0 saturated heterocycles. The van der Waals surface area contributed by atoms with Crippen molar-refractivity contribution in [3.8, 4) is 17.4 Å². The Balaban J connectivity index is 2.44. The fourth-order valence-electron chi connectivity index (χ4n) is 1.55. The Kier molecular flexibility index (Phi) is 3.89. The van der Waals surface area contributed by atoms with Crippen molar-refractivity contribution in [1.82, 2.24) is 20.2 Å². The van der Waals surface area contributed by atoms with Crippen LogP contribution < -0.4 is 10.1 Å². The maximum absolute atomic E-state index is 4.99. The number of methoxy groups -OCH3 is 1. The molecule has 0 radical (unpaired) electrons. The lowest BCUT2D eigenvalue weighted by Gasteiger charge is -2.09. The highest BCUT2D eigenvalue weighted by Gasteiger charge is 2.10. The SMILES string of the molecule is CNc1cc(C(C)C)nc(-c2ccc(OC)nn2)n1. The molecule has 2 aromatic rings. The van der Waals surface area contributed by atoms with Crippen LogP contribution in [0.1, 0.15) is 25.5 Å². The van der Waals surface area contributed by atoms with E-state index in [9.17, 15) is 0 Å². The standard InChI is InChI=1S/C13H17N5O/c1-8(2)10-7-11(14-3)16-13(15-10)9-5-6-12(19-4)18-17-9/h5-8H,1-4H3,(H,14,15,16). The molecule has 0 amide bonds. The first-order valence-corrected chi connectivity index (χ1v) is 6.09. The Labute approximate surface area is 112 Å². The molecule has 0 spiro atoms. The minimum atomic E-state index is 0.319. The summed E-state index contributed by atoms with van der Waals surface area (Å²) in [6.07, 6.45) is 0. The van der Waals surface area contributed by atoms with Crippen LogP contribution in [0.25, 0.3) is 11.5 Å². The fourth-order valence-corrected chi connectivity index (χ4v) is 1.55. The second-order valence-electron chi connectivity index (χ2n) is 4.37. The highest BCUT2D eigenvalue weighted by molar-refractivity contribution is 5.53. The Hall–Kier alpha value is -2.24. The molecule has 6 heteroatoms. The molecule has 19 heavy (non-hydrogen) atoms. The number of nitrogens with one attached hydrogen (secondary N) is 1. The smallest absolute Gasteiger partial charge is 0.233 e. The monoisotopic (exact) mass is 259 g/mol. The number of hydrogen-bond donors (Lipinski definition) is 1. The van der Waals surface area contributed by atoms with Gasteiger partial charge in [0.15, 0.2) is 5.82 Å². The van der Waals surface area contributed by atoms with Crippen LogP contribution in [-0.4, -0.2) is 34.3 Å². The van der Waals surface area contributed by atoms with Crippen molar-refractivity contribution < 1.29 is 4.74 Å².